The number of likely N-dealkylation sites (N-methyl/N-ethyl adjacent to an activating group) is 1. The highest BCUT2D eigenvalue weighted by Crippen LogP contribution is 2.13. The first kappa shape index (κ1) is 39.1. The molecule has 14 nitrogen and oxygen atoms in total. The SMILES string of the molecule is CCCC(C)N[C@@H](CC(=O)O)C(=O)N[C@@H](CC(=O)NCc1ccccc1C[C@H](NC)C(=O)N[C@H](C(N)=O)[C@@H](C)O)C(=O)C(C)C. The molecule has 1 aromatic rings. The minimum atomic E-state index is -1.26. The smallest absolute Gasteiger partial charge is 0.305 e. The number of carbonyl (C=O) groups is 6. The van der Waals surface area contributed by atoms with E-state index in [1.165, 1.54) is 6.92 Å². The van der Waals surface area contributed by atoms with Crippen molar-refractivity contribution in [1.82, 2.24) is 26.6 Å². The third kappa shape index (κ3) is 13.7. The molecule has 6 atom stereocenters. The largest absolute Gasteiger partial charge is 0.481 e. The minimum absolute atomic E-state index is 0.0545. The predicted molar refractivity (Wildman–Crippen MR) is 168 cm³/mol. The number of hydrogen-bond acceptors (Lipinski definition) is 9. The maximum absolute atomic E-state index is 13.1. The molecule has 9 N–H and O–H groups in total. The van der Waals surface area contributed by atoms with E-state index in [1.54, 1.807) is 45.2 Å². The van der Waals surface area contributed by atoms with E-state index < -0.39 is 72.2 Å². The van der Waals surface area contributed by atoms with E-state index in [-0.39, 0.29) is 31.2 Å². The molecule has 0 aliphatic heterocycles. The lowest BCUT2D eigenvalue weighted by atomic mass is 9.97. The molecule has 0 aliphatic carbocycles. The standard InChI is InChI=1S/C31H50N6O8/c1-7-10-18(4)35-24(15-26(40)41)31(45)36-22(28(42)17(2)3)14-25(39)34-16-21-12-9-8-11-20(21)13-23(33-6)30(44)37-27(19(5)38)29(32)43/h8-9,11-12,17-19,22-24,27,33,35,38H,7,10,13-16H2,1-6H3,(H2,32,43)(H,34,39)(H,36,45)(H,37,44)(H,40,41)/t18?,19-,22+,23+,24+,27+/m1/s1. The van der Waals surface area contributed by atoms with Crippen LogP contribution >= 0.6 is 0 Å². The first-order valence-electron chi connectivity index (χ1n) is 15.2. The Morgan fingerprint density at radius 1 is 0.867 bits per heavy atom. The van der Waals surface area contributed by atoms with Crippen LogP contribution in [0.4, 0.5) is 0 Å². The predicted octanol–water partition coefficient (Wildman–Crippen LogP) is -0.494. The number of hydrogen-bond donors (Lipinski definition) is 8. The lowest BCUT2D eigenvalue weighted by molar-refractivity contribution is -0.140. The Labute approximate surface area is 264 Å². The van der Waals surface area contributed by atoms with Gasteiger partial charge in [-0.3, -0.25) is 28.8 Å². The van der Waals surface area contributed by atoms with Gasteiger partial charge in [0, 0.05) is 18.5 Å². The number of aliphatic hydroxyl groups is 1. The summed E-state index contributed by atoms with van der Waals surface area (Å²) < 4.78 is 0. The van der Waals surface area contributed by atoms with Gasteiger partial charge in [-0.1, -0.05) is 51.5 Å². The van der Waals surface area contributed by atoms with Crippen molar-refractivity contribution in [2.24, 2.45) is 11.7 Å². The van der Waals surface area contributed by atoms with Crippen LogP contribution in [0.1, 0.15) is 71.4 Å². The Balaban J connectivity index is 3.01. The molecule has 1 unspecified atom stereocenters. The van der Waals surface area contributed by atoms with Gasteiger partial charge in [-0.2, -0.15) is 0 Å². The zero-order valence-corrected chi connectivity index (χ0v) is 27.0. The highest BCUT2D eigenvalue weighted by atomic mass is 16.4. The van der Waals surface area contributed by atoms with E-state index in [1.807, 2.05) is 13.8 Å². The van der Waals surface area contributed by atoms with Gasteiger partial charge in [0.25, 0.3) is 0 Å². The normalized spacial score (nSPS) is 15.2. The van der Waals surface area contributed by atoms with Crippen molar-refractivity contribution in [2.75, 3.05) is 7.05 Å². The summed E-state index contributed by atoms with van der Waals surface area (Å²) in [5, 5.41) is 32.8. The number of amides is 4. The van der Waals surface area contributed by atoms with Crippen LogP contribution in [0.2, 0.25) is 0 Å². The summed E-state index contributed by atoms with van der Waals surface area (Å²) in [6.07, 6.45) is -0.305. The van der Waals surface area contributed by atoms with Gasteiger partial charge in [0.1, 0.15) is 6.04 Å². The minimum Gasteiger partial charge on any atom is -0.481 e. The molecule has 0 fully saturated rings. The van der Waals surface area contributed by atoms with Crippen LogP contribution in [0.3, 0.4) is 0 Å². The lowest BCUT2D eigenvalue weighted by Gasteiger charge is -2.25. The van der Waals surface area contributed by atoms with Gasteiger partial charge in [0.2, 0.25) is 23.6 Å². The fraction of sp³-hybridized carbons (Fsp3) is 0.613. The lowest BCUT2D eigenvalue weighted by Crippen LogP contribution is -2.55. The molecule has 0 radical (unpaired) electrons. The fourth-order valence-electron chi connectivity index (χ4n) is 4.77. The van der Waals surface area contributed by atoms with Crippen LogP contribution in [0.5, 0.6) is 0 Å². The van der Waals surface area contributed by atoms with Crippen molar-refractivity contribution in [3.05, 3.63) is 35.4 Å². The van der Waals surface area contributed by atoms with E-state index in [0.29, 0.717) is 11.1 Å². The summed E-state index contributed by atoms with van der Waals surface area (Å²) >= 11 is 0. The molecular weight excluding hydrogens is 584 g/mol. The summed E-state index contributed by atoms with van der Waals surface area (Å²) in [6.45, 7) is 8.49. The zero-order valence-electron chi connectivity index (χ0n) is 27.0. The van der Waals surface area contributed by atoms with Crippen molar-refractivity contribution in [3.63, 3.8) is 0 Å². The number of ketones is 1. The number of Topliss-reactive ketones (excluding diaryl/α,β-unsaturated/α-hetero) is 1. The molecule has 0 spiro atoms. The first-order valence-corrected chi connectivity index (χ1v) is 15.2. The monoisotopic (exact) mass is 634 g/mol. The molecular formula is C31H50N6O8. The average Bonchev–Trinajstić information content (AvgIpc) is 2.96. The highest BCUT2D eigenvalue weighted by Gasteiger charge is 2.31. The molecule has 4 amide bonds. The molecule has 0 saturated carbocycles. The first-order chi connectivity index (χ1) is 21.1. The molecule has 1 rings (SSSR count). The van der Waals surface area contributed by atoms with Crippen LogP contribution in [0.15, 0.2) is 24.3 Å². The van der Waals surface area contributed by atoms with Crippen molar-refractivity contribution in [1.29, 1.82) is 0 Å². The number of carboxylic acids is 1. The zero-order chi connectivity index (χ0) is 34.3. The van der Waals surface area contributed by atoms with Crippen LogP contribution in [-0.2, 0) is 41.7 Å². The number of carbonyl (C=O) groups excluding carboxylic acids is 5. The summed E-state index contributed by atoms with van der Waals surface area (Å²) in [6, 6.07) is 2.62. The third-order valence-corrected chi connectivity index (χ3v) is 7.29. The molecule has 1 aromatic carbocycles. The number of rotatable bonds is 21. The van der Waals surface area contributed by atoms with Crippen molar-refractivity contribution in [2.45, 2.75) is 110 Å². The second-order valence-electron chi connectivity index (χ2n) is 11.5. The van der Waals surface area contributed by atoms with Gasteiger partial charge in [0.05, 0.1) is 37.1 Å². The van der Waals surface area contributed by atoms with Crippen molar-refractivity contribution in [3.8, 4) is 0 Å². The average molecular weight is 635 g/mol. The van der Waals surface area contributed by atoms with Gasteiger partial charge < -0.3 is 42.5 Å². The Morgan fingerprint density at radius 2 is 1.47 bits per heavy atom. The van der Waals surface area contributed by atoms with E-state index in [4.69, 9.17) is 5.73 Å². The number of benzene rings is 1. The van der Waals surface area contributed by atoms with E-state index in [0.717, 1.165) is 12.8 Å². The molecule has 14 heteroatoms. The van der Waals surface area contributed by atoms with Crippen LogP contribution < -0.4 is 32.3 Å². The Hall–Kier alpha value is -3.88. The van der Waals surface area contributed by atoms with Crippen molar-refractivity contribution >= 4 is 35.4 Å². The molecule has 0 bridgehead atoms. The summed E-state index contributed by atoms with van der Waals surface area (Å²) in [4.78, 5) is 75.0. The third-order valence-electron chi connectivity index (χ3n) is 7.29. The van der Waals surface area contributed by atoms with E-state index in [2.05, 4.69) is 26.6 Å². The Morgan fingerprint density at radius 3 is 1.98 bits per heavy atom. The van der Waals surface area contributed by atoms with Gasteiger partial charge in [-0.05, 0) is 44.9 Å². The van der Waals surface area contributed by atoms with Crippen LogP contribution in [0.25, 0.3) is 0 Å². The molecule has 252 valence electrons. The van der Waals surface area contributed by atoms with Gasteiger partial charge in [-0.25, -0.2) is 0 Å². The number of nitrogens with two attached hydrogens (primary N) is 1. The fourth-order valence-corrected chi connectivity index (χ4v) is 4.77. The number of primary amides is 1. The van der Waals surface area contributed by atoms with Crippen molar-refractivity contribution < 1.29 is 39.0 Å². The summed E-state index contributed by atoms with van der Waals surface area (Å²) in [5.74, 6) is -4.67. The summed E-state index contributed by atoms with van der Waals surface area (Å²) in [5.41, 5.74) is 6.69. The highest BCUT2D eigenvalue weighted by molar-refractivity contribution is 5.96. The Bertz CT molecular complexity index is 1170. The Kier molecular flexibility index (Phi) is 17.0. The van der Waals surface area contributed by atoms with Gasteiger partial charge >= 0.3 is 5.97 Å². The quantitative estimate of drug-likeness (QED) is 0.0865. The number of aliphatic carboxylic acids is 1. The van der Waals surface area contributed by atoms with Gasteiger partial charge in [0.15, 0.2) is 5.78 Å². The molecule has 0 aliphatic rings. The van der Waals surface area contributed by atoms with E-state index in [9.17, 15) is 39.0 Å². The summed E-state index contributed by atoms with van der Waals surface area (Å²) in [7, 11) is 1.57. The van der Waals surface area contributed by atoms with Crippen LogP contribution in [-0.4, -0.2) is 89.0 Å². The van der Waals surface area contributed by atoms with Gasteiger partial charge in [-0.15, -0.1) is 0 Å². The number of carboxylic acid groups (broad SMARTS) is 1. The molecule has 0 aromatic heterocycles. The molecule has 0 saturated heterocycles. The number of aliphatic hydroxyl groups excluding tert-OH is 1. The second-order valence-corrected chi connectivity index (χ2v) is 11.5. The second kappa shape index (κ2) is 19.5. The number of nitrogens with one attached hydrogen (secondary N) is 5. The van der Waals surface area contributed by atoms with E-state index >= 15 is 0 Å². The maximum atomic E-state index is 13.1. The van der Waals surface area contributed by atoms with Crippen LogP contribution in [0, 0.1) is 5.92 Å². The molecule has 0 heterocycles. The molecule has 45 heavy (non-hydrogen) atoms. The topological polar surface area (TPSA) is 229 Å². The maximum Gasteiger partial charge on any atom is 0.305 e.